The zero-order valence-corrected chi connectivity index (χ0v) is 11.7. The van der Waals surface area contributed by atoms with E-state index in [4.69, 9.17) is 4.74 Å². The Morgan fingerprint density at radius 1 is 1.30 bits per heavy atom. The Bertz CT molecular complexity index is 631. The van der Waals surface area contributed by atoms with Crippen LogP contribution >= 0.6 is 0 Å². The highest BCUT2D eigenvalue weighted by atomic mass is 16.5. The summed E-state index contributed by atoms with van der Waals surface area (Å²) in [5, 5.41) is 3.64. The lowest BCUT2D eigenvalue weighted by Gasteiger charge is -2.06. The summed E-state index contributed by atoms with van der Waals surface area (Å²) in [6.45, 7) is 2.69. The summed E-state index contributed by atoms with van der Waals surface area (Å²) in [5.74, 6) is -0.0994. The van der Waals surface area contributed by atoms with Gasteiger partial charge in [-0.15, -0.1) is 0 Å². The highest BCUT2D eigenvalue weighted by Gasteiger charge is 2.13. The van der Waals surface area contributed by atoms with Gasteiger partial charge in [-0.2, -0.15) is 0 Å². The van der Waals surface area contributed by atoms with E-state index in [2.05, 4.69) is 5.32 Å². The normalized spacial score (nSPS) is 10.7. The van der Waals surface area contributed by atoms with Crippen molar-refractivity contribution in [3.63, 3.8) is 0 Å². The predicted octanol–water partition coefficient (Wildman–Crippen LogP) is 1.61. The van der Waals surface area contributed by atoms with Crippen LogP contribution in [0.25, 0.3) is 10.9 Å². The first kappa shape index (κ1) is 14.3. The van der Waals surface area contributed by atoms with E-state index in [1.807, 2.05) is 24.3 Å². The van der Waals surface area contributed by atoms with Crippen molar-refractivity contribution < 1.29 is 14.3 Å². The van der Waals surface area contributed by atoms with Crippen molar-refractivity contribution in [2.75, 3.05) is 20.3 Å². The highest BCUT2D eigenvalue weighted by molar-refractivity contribution is 6.07. The number of rotatable bonds is 6. The van der Waals surface area contributed by atoms with Crippen LogP contribution in [0.4, 0.5) is 0 Å². The second kappa shape index (κ2) is 6.34. The number of nitrogens with zero attached hydrogens (tertiary/aromatic N) is 1. The van der Waals surface area contributed by atoms with Crippen LogP contribution in [0.5, 0.6) is 0 Å². The van der Waals surface area contributed by atoms with Gasteiger partial charge in [0.25, 0.3) is 0 Å². The van der Waals surface area contributed by atoms with E-state index in [0.717, 1.165) is 10.9 Å². The van der Waals surface area contributed by atoms with E-state index in [1.165, 1.54) is 6.92 Å². The summed E-state index contributed by atoms with van der Waals surface area (Å²) < 4.78 is 6.68. The molecule has 1 aromatic heterocycles. The molecule has 5 nitrogen and oxygen atoms in total. The van der Waals surface area contributed by atoms with E-state index in [-0.39, 0.29) is 18.2 Å². The van der Waals surface area contributed by atoms with Crippen molar-refractivity contribution in [2.24, 2.45) is 0 Å². The molecule has 1 N–H and O–H groups in total. The minimum absolute atomic E-state index is 0.000240. The zero-order chi connectivity index (χ0) is 14.5. The number of nitrogens with one attached hydrogen (secondary N) is 1. The molecule has 0 atom stereocenters. The van der Waals surface area contributed by atoms with Gasteiger partial charge in [-0.05, 0) is 13.0 Å². The lowest BCUT2D eigenvalue weighted by molar-refractivity contribution is -0.121. The van der Waals surface area contributed by atoms with E-state index in [9.17, 15) is 9.59 Å². The minimum atomic E-state index is -0.0992. The van der Waals surface area contributed by atoms with Crippen LogP contribution in [-0.4, -0.2) is 36.5 Å². The largest absolute Gasteiger partial charge is 0.383 e. The van der Waals surface area contributed by atoms with Crippen molar-refractivity contribution in [3.05, 3.63) is 36.0 Å². The van der Waals surface area contributed by atoms with Gasteiger partial charge in [0.05, 0.1) is 6.61 Å². The van der Waals surface area contributed by atoms with Crippen LogP contribution in [0, 0.1) is 0 Å². The molecule has 0 saturated heterocycles. The van der Waals surface area contributed by atoms with Crippen molar-refractivity contribution in [3.8, 4) is 0 Å². The number of methoxy groups -OCH3 is 1. The quantitative estimate of drug-likeness (QED) is 0.643. The van der Waals surface area contributed by atoms with Gasteiger partial charge in [-0.1, -0.05) is 18.2 Å². The van der Waals surface area contributed by atoms with E-state index in [1.54, 1.807) is 17.9 Å². The molecule has 5 heteroatoms. The summed E-state index contributed by atoms with van der Waals surface area (Å²) in [6, 6.07) is 7.58. The molecular formula is C15H18N2O3. The second-order valence-electron chi connectivity index (χ2n) is 4.59. The fourth-order valence-corrected chi connectivity index (χ4v) is 2.16. The number of benzene rings is 1. The molecule has 0 aliphatic rings. The molecule has 2 rings (SSSR count). The molecule has 106 valence electrons. The molecule has 0 aliphatic carbocycles. The predicted molar refractivity (Wildman–Crippen MR) is 76.8 cm³/mol. The average Bonchev–Trinajstić information content (AvgIpc) is 2.78. The molecule has 0 radical (unpaired) electrons. The Balaban J connectivity index is 2.22. The smallest absolute Gasteiger partial charge is 0.240 e. The Kier molecular flexibility index (Phi) is 4.53. The number of amides is 1. The maximum Gasteiger partial charge on any atom is 0.240 e. The number of ketones is 1. The number of Topliss-reactive ketones (excluding diaryl/α,β-unsaturated/α-hetero) is 1. The lowest BCUT2D eigenvalue weighted by Crippen LogP contribution is -2.30. The lowest BCUT2D eigenvalue weighted by atomic mass is 10.1. The molecular weight excluding hydrogens is 256 g/mol. The molecule has 1 amide bonds. The highest BCUT2D eigenvalue weighted by Crippen LogP contribution is 2.21. The molecule has 0 aliphatic heterocycles. The Morgan fingerprint density at radius 2 is 2.05 bits per heavy atom. The van der Waals surface area contributed by atoms with Crippen LogP contribution in [0.15, 0.2) is 30.5 Å². The second-order valence-corrected chi connectivity index (χ2v) is 4.59. The number of carbonyl (C=O) groups is 2. The van der Waals surface area contributed by atoms with Gasteiger partial charge in [-0.3, -0.25) is 9.59 Å². The third-order valence-electron chi connectivity index (χ3n) is 3.11. The first-order valence-electron chi connectivity index (χ1n) is 6.48. The number of ether oxygens (including phenoxy) is 1. The van der Waals surface area contributed by atoms with Crippen molar-refractivity contribution >= 4 is 22.6 Å². The summed E-state index contributed by atoms with van der Waals surface area (Å²) >= 11 is 0. The third kappa shape index (κ3) is 3.05. The molecule has 0 unspecified atom stereocenters. The van der Waals surface area contributed by atoms with Gasteiger partial charge in [0.15, 0.2) is 5.78 Å². The maximum atomic E-state index is 11.8. The van der Waals surface area contributed by atoms with Gasteiger partial charge in [0.1, 0.15) is 6.54 Å². The standard InChI is InChI=1S/C15H18N2O3/c1-11(18)13-9-17(10-15(19)16-7-8-20-2)14-6-4-3-5-12(13)14/h3-6,9H,7-8,10H2,1-2H3,(H,16,19). The molecule has 1 heterocycles. The van der Waals surface area contributed by atoms with Gasteiger partial charge in [0, 0.05) is 36.3 Å². The zero-order valence-electron chi connectivity index (χ0n) is 11.7. The number of aromatic nitrogens is 1. The molecule has 2 aromatic rings. The van der Waals surface area contributed by atoms with Gasteiger partial charge in [-0.25, -0.2) is 0 Å². The van der Waals surface area contributed by atoms with Crippen molar-refractivity contribution in [2.45, 2.75) is 13.5 Å². The van der Waals surface area contributed by atoms with Crippen LogP contribution in [0.3, 0.4) is 0 Å². The average molecular weight is 274 g/mol. The Morgan fingerprint density at radius 3 is 2.75 bits per heavy atom. The Labute approximate surface area is 117 Å². The summed E-state index contributed by atoms with van der Waals surface area (Å²) in [6.07, 6.45) is 1.74. The molecule has 20 heavy (non-hydrogen) atoms. The number of fused-ring (bicyclic) bond motifs is 1. The molecule has 0 bridgehead atoms. The van der Waals surface area contributed by atoms with Crippen LogP contribution in [0.2, 0.25) is 0 Å². The summed E-state index contributed by atoms with van der Waals surface area (Å²) in [7, 11) is 1.59. The molecule has 0 saturated carbocycles. The van der Waals surface area contributed by atoms with Crippen molar-refractivity contribution in [1.29, 1.82) is 0 Å². The van der Waals surface area contributed by atoms with E-state index < -0.39 is 0 Å². The van der Waals surface area contributed by atoms with Crippen LogP contribution in [0.1, 0.15) is 17.3 Å². The van der Waals surface area contributed by atoms with E-state index >= 15 is 0 Å². The number of hydrogen-bond donors (Lipinski definition) is 1. The fraction of sp³-hybridized carbons (Fsp3) is 0.333. The van der Waals surface area contributed by atoms with Crippen LogP contribution < -0.4 is 5.32 Å². The van der Waals surface area contributed by atoms with Gasteiger partial charge < -0.3 is 14.6 Å². The summed E-state index contributed by atoms with van der Waals surface area (Å²) in [4.78, 5) is 23.5. The fourth-order valence-electron chi connectivity index (χ4n) is 2.16. The van der Waals surface area contributed by atoms with Crippen molar-refractivity contribution in [1.82, 2.24) is 9.88 Å². The minimum Gasteiger partial charge on any atom is -0.383 e. The van der Waals surface area contributed by atoms with E-state index in [0.29, 0.717) is 18.7 Å². The molecule has 0 spiro atoms. The SMILES string of the molecule is COCCNC(=O)Cn1cc(C(C)=O)c2ccccc21. The molecule has 1 aromatic carbocycles. The number of hydrogen-bond acceptors (Lipinski definition) is 3. The number of carbonyl (C=O) groups excluding carboxylic acids is 2. The third-order valence-corrected chi connectivity index (χ3v) is 3.11. The summed E-state index contributed by atoms with van der Waals surface area (Å²) in [5.41, 5.74) is 1.53. The maximum absolute atomic E-state index is 11.8. The van der Waals surface area contributed by atoms with Crippen LogP contribution in [-0.2, 0) is 16.1 Å². The van der Waals surface area contributed by atoms with Gasteiger partial charge >= 0.3 is 0 Å². The topological polar surface area (TPSA) is 60.3 Å². The first-order valence-corrected chi connectivity index (χ1v) is 6.48. The molecule has 0 fully saturated rings. The monoisotopic (exact) mass is 274 g/mol. The Hall–Kier alpha value is -2.14. The first-order chi connectivity index (χ1) is 9.63. The van der Waals surface area contributed by atoms with Gasteiger partial charge in [0.2, 0.25) is 5.91 Å². The number of para-hydroxylation sites is 1.